The summed E-state index contributed by atoms with van der Waals surface area (Å²) in [5, 5.41) is 7.03. The van der Waals surface area contributed by atoms with Crippen LogP contribution in [-0.2, 0) is 11.2 Å². The first-order valence-electron chi connectivity index (χ1n) is 9.02. The predicted octanol–water partition coefficient (Wildman–Crippen LogP) is 5.65. The van der Waals surface area contributed by atoms with Gasteiger partial charge in [0.15, 0.2) is 5.13 Å². The predicted molar refractivity (Wildman–Crippen MR) is 123 cm³/mol. The molecular formula is C21H25N5OS2. The topological polar surface area (TPSA) is 89.0 Å². The van der Waals surface area contributed by atoms with Gasteiger partial charge < -0.3 is 20.8 Å². The van der Waals surface area contributed by atoms with Crippen LogP contribution in [-0.4, -0.2) is 9.97 Å². The van der Waals surface area contributed by atoms with Gasteiger partial charge in [-0.25, -0.2) is 9.97 Å². The Balaban J connectivity index is 1.58. The van der Waals surface area contributed by atoms with Crippen LogP contribution in [0.1, 0.15) is 38.0 Å². The van der Waals surface area contributed by atoms with E-state index in [1.807, 2.05) is 36.7 Å². The third-order valence-electron chi connectivity index (χ3n) is 3.89. The Morgan fingerprint density at radius 3 is 2.69 bits per heavy atom. The summed E-state index contributed by atoms with van der Waals surface area (Å²) < 4.78 is 6.91. The second kappa shape index (κ2) is 8.75. The lowest BCUT2D eigenvalue weighted by atomic mass is 9.94. The minimum Gasteiger partial charge on any atom is -0.444 e. The summed E-state index contributed by atoms with van der Waals surface area (Å²) in [7, 11) is 0. The first-order chi connectivity index (χ1) is 13.7. The van der Waals surface area contributed by atoms with Crippen molar-refractivity contribution in [3.8, 4) is 0 Å². The molecule has 8 heteroatoms. The highest BCUT2D eigenvalue weighted by Crippen LogP contribution is 2.33. The average molecular weight is 428 g/mol. The van der Waals surface area contributed by atoms with Gasteiger partial charge in [-0.15, -0.1) is 11.8 Å². The van der Waals surface area contributed by atoms with Crippen molar-refractivity contribution < 1.29 is 4.42 Å². The summed E-state index contributed by atoms with van der Waals surface area (Å²) in [5.74, 6) is 2.67. The third-order valence-corrected chi connectivity index (χ3v) is 5.98. The Bertz CT molecular complexity index is 1020. The van der Waals surface area contributed by atoms with Gasteiger partial charge in [0, 0.05) is 16.8 Å². The number of nitrogens with zero attached hydrogens (tertiary/aromatic N) is 2. The zero-order chi connectivity index (χ0) is 21.0. The summed E-state index contributed by atoms with van der Waals surface area (Å²) in [4.78, 5) is 8.80. The van der Waals surface area contributed by atoms with E-state index >= 15 is 0 Å². The summed E-state index contributed by atoms with van der Waals surface area (Å²) in [6, 6.07) is 7.77. The number of hydrogen-bond donors (Lipinski definition) is 3. The Kier molecular flexibility index (Phi) is 6.34. The molecule has 0 fully saturated rings. The number of hydrogen-bond acceptors (Lipinski definition) is 8. The number of nitrogens with one attached hydrogen (secondary N) is 2. The molecule has 0 atom stereocenters. The van der Waals surface area contributed by atoms with Crippen LogP contribution in [0.15, 0.2) is 64.3 Å². The van der Waals surface area contributed by atoms with E-state index in [0.29, 0.717) is 11.6 Å². The molecule has 0 saturated heterocycles. The molecule has 0 radical (unpaired) electrons. The molecule has 3 rings (SSSR count). The lowest BCUT2D eigenvalue weighted by molar-refractivity contribution is 0.391. The van der Waals surface area contributed by atoms with Crippen molar-refractivity contribution in [2.75, 3.05) is 10.6 Å². The average Bonchev–Trinajstić information content (AvgIpc) is 3.28. The fourth-order valence-corrected chi connectivity index (χ4v) is 4.16. The molecule has 29 heavy (non-hydrogen) atoms. The van der Waals surface area contributed by atoms with Gasteiger partial charge in [-0.1, -0.05) is 57.4 Å². The SMILES string of the molecule is C=C(N)Nc1cccc(C(=C)Nc2ncc(SCc3ncc(C(C)(C)C)o3)s2)c1. The van der Waals surface area contributed by atoms with Gasteiger partial charge in [0.1, 0.15) is 5.76 Å². The highest BCUT2D eigenvalue weighted by atomic mass is 32.2. The molecule has 3 aromatic rings. The molecule has 4 N–H and O–H groups in total. The van der Waals surface area contributed by atoms with Gasteiger partial charge in [-0.3, -0.25) is 0 Å². The molecule has 0 amide bonds. The number of oxazole rings is 1. The standard InChI is InChI=1S/C21H25N5OS2/c1-13(15-7-6-8-16(9-15)26-14(2)22)25-20-24-11-19(29-20)28-12-18-23-10-17(27-18)21(3,4)5/h6-11,26H,1-2,12,22H2,3-5H3,(H,24,25). The minimum absolute atomic E-state index is 0.0396. The van der Waals surface area contributed by atoms with E-state index < -0.39 is 0 Å². The van der Waals surface area contributed by atoms with E-state index in [1.54, 1.807) is 23.1 Å². The second-order valence-corrected chi connectivity index (χ2v) is 9.78. The van der Waals surface area contributed by atoms with Crippen LogP contribution in [0, 0.1) is 0 Å². The van der Waals surface area contributed by atoms with Gasteiger partial charge in [0.05, 0.1) is 28.2 Å². The summed E-state index contributed by atoms with van der Waals surface area (Å²) in [6.07, 6.45) is 3.65. The molecule has 6 nitrogen and oxygen atoms in total. The van der Waals surface area contributed by atoms with Crippen LogP contribution in [0.2, 0.25) is 0 Å². The maximum Gasteiger partial charge on any atom is 0.204 e. The second-order valence-electron chi connectivity index (χ2n) is 7.48. The van der Waals surface area contributed by atoms with Crippen LogP contribution in [0.4, 0.5) is 10.8 Å². The Morgan fingerprint density at radius 2 is 2.00 bits per heavy atom. The third kappa shape index (κ3) is 5.88. The quantitative estimate of drug-likeness (QED) is 0.401. The Hall–Kier alpha value is -2.71. The number of thiazole rings is 1. The van der Waals surface area contributed by atoms with Crippen LogP contribution < -0.4 is 16.4 Å². The number of rotatable bonds is 8. The minimum atomic E-state index is -0.0396. The lowest BCUT2D eigenvalue weighted by Gasteiger charge is -2.12. The Labute approximate surface area is 179 Å². The van der Waals surface area contributed by atoms with Crippen LogP contribution in [0.3, 0.4) is 0 Å². The lowest BCUT2D eigenvalue weighted by Crippen LogP contribution is -2.09. The molecule has 0 spiro atoms. The normalized spacial score (nSPS) is 11.3. The van der Waals surface area contributed by atoms with Gasteiger partial charge in [-0.05, 0) is 17.7 Å². The molecule has 0 saturated carbocycles. The highest BCUT2D eigenvalue weighted by molar-refractivity contribution is 8.00. The van der Waals surface area contributed by atoms with Crippen molar-refractivity contribution in [1.29, 1.82) is 0 Å². The Morgan fingerprint density at radius 1 is 1.21 bits per heavy atom. The summed E-state index contributed by atoms with van der Waals surface area (Å²) >= 11 is 3.21. The fourth-order valence-electron chi connectivity index (χ4n) is 2.41. The number of anilines is 2. The van der Waals surface area contributed by atoms with Gasteiger partial charge in [0.25, 0.3) is 0 Å². The van der Waals surface area contributed by atoms with Crippen LogP contribution in [0.25, 0.3) is 5.70 Å². The molecule has 0 aliphatic rings. The highest BCUT2D eigenvalue weighted by Gasteiger charge is 2.19. The van der Waals surface area contributed by atoms with Crippen molar-refractivity contribution >= 4 is 39.6 Å². The van der Waals surface area contributed by atoms with Crippen molar-refractivity contribution in [1.82, 2.24) is 9.97 Å². The maximum atomic E-state index is 5.84. The smallest absolute Gasteiger partial charge is 0.204 e. The van der Waals surface area contributed by atoms with Crippen molar-refractivity contribution in [2.45, 2.75) is 36.1 Å². The van der Waals surface area contributed by atoms with Crippen LogP contribution in [0.5, 0.6) is 0 Å². The summed E-state index contributed by atoms with van der Waals surface area (Å²) in [5.41, 5.74) is 8.11. The number of nitrogens with two attached hydrogens (primary N) is 1. The van der Waals surface area contributed by atoms with Gasteiger partial charge >= 0.3 is 0 Å². The largest absolute Gasteiger partial charge is 0.444 e. The molecule has 0 unspecified atom stereocenters. The first kappa shape index (κ1) is 21.0. The monoisotopic (exact) mass is 427 g/mol. The zero-order valence-corrected chi connectivity index (χ0v) is 18.4. The van der Waals surface area contributed by atoms with E-state index in [1.165, 1.54) is 0 Å². The number of benzene rings is 1. The molecule has 0 aliphatic carbocycles. The molecule has 2 aromatic heterocycles. The van der Waals surface area contributed by atoms with Crippen molar-refractivity contribution in [3.63, 3.8) is 0 Å². The van der Waals surface area contributed by atoms with Crippen molar-refractivity contribution in [2.24, 2.45) is 5.73 Å². The first-order valence-corrected chi connectivity index (χ1v) is 10.8. The molecule has 0 aliphatic heterocycles. The van der Waals surface area contributed by atoms with Crippen molar-refractivity contribution in [3.05, 3.63) is 72.9 Å². The molecule has 2 heterocycles. The van der Waals surface area contributed by atoms with E-state index in [2.05, 4.69) is 54.5 Å². The molecule has 1 aromatic carbocycles. The number of thioether (sulfide) groups is 1. The van der Waals surface area contributed by atoms with E-state index in [0.717, 1.165) is 37.9 Å². The molecular weight excluding hydrogens is 402 g/mol. The van der Waals surface area contributed by atoms with Gasteiger partial charge in [0.2, 0.25) is 5.89 Å². The summed E-state index contributed by atoms with van der Waals surface area (Å²) in [6.45, 7) is 14.1. The number of aromatic nitrogens is 2. The molecule has 152 valence electrons. The van der Waals surface area contributed by atoms with Gasteiger partial charge in [-0.2, -0.15) is 0 Å². The van der Waals surface area contributed by atoms with E-state index in [-0.39, 0.29) is 5.41 Å². The van der Waals surface area contributed by atoms with E-state index in [4.69, 9.17) is 10.2 Å². The molecule has 0 bridgehead atoms. The fraction of sp³-hybridized carbons (Fsp3) is 0.238. The van der Waals surface area contributed by atoms with Crippen LogP contribution >= 0.6 is 23.1 Å². The maximum absolute atomic E-state index is 5.84. The zero-order valence-electron chi connectivity index (χ0n) is 16.8. The van der Waals surface area contributed by atoms with E-state index in [9.17, 15) is 0 Å².